The van der Waals surface area contributed by atoms with Gasteiger partial charge in [0.25, 0.3) is 0 Å². The predicted octanol–water partition coefficient (Wildman–Crippen LogP) is 12.8. The molecule has 0 N–H and O–H groups in total. The Morgan fingerprint density at radius 2 is 0.820 bits per heavy atom. The summed E-state index contributed by atoms with van der Waals surface area (Å²) in [4.78, 5) is 9.33. The van der Waals surface area contributed by atoms with Crippen LogP contribution in [0.3, 0.4) is 0 Å². The standard InChI is InChI=1S/C48H30N2/c1-3-14-31(15-4-1)44-38-20-9-10-21-39(38)45(32-16-5-2-6-17-32)48-41-27-26-36(37-22-13-23-40(46(37)41)47(44)48)35-19-8-7-18-34(35)33-25-28-43(50-30-33)42-24-11-12-29-49-42/h1-30H. The minimum absolute atomic E-state index is 0.866. The van der Waals surface area contributed by atoms with Gasteiger partial charge >= 0.3 is 0 Å². The monoisotopic (exact) mass is 634 g/mol. The highest BCUT2D eigenvalue weighted by Gasteiger charge is 2.31. The van der Waals surface area contributed by atoms with Gasteiger partial charge in [0.2, 0.25) is 0 Å². The van der Waals surface area contributed by atoms with E-state index >= 15 is 0 Å². The van der Waals surface area contributed by atoms with E-state index in [0.29, 0.717) is 0 Å². The third-order valence-corrected chi connectivity index (χ3v) is 10.1. The smallest absolute Gasteiger partial charge is 0.0886 e. The Balaban J connectivity index is 1.24. The number of hydrogen-bond acceptors (Lipinski definition) is 2. The van der Waals surface area contributed by atoms with Gasteiger partial charge in [-0.1, -0.05) is 152 Å². The molecule has 2 nitrogen and oxygen atoms in total. The van der Waals surface area contributed by atoms with E-state index in [0.717, 1.165) is 22.5 Å². The third-order valence-electron chi connectivity index (χ3n) is 10.1. The van der Waals surface area contributed by atoms with Crippen LogP contribution in [0.15, 0.2) is 182 Å². The number of fused-ring (bicyclic) bond motifs is 4. The van der Waals surface area contributed by atoms with Crippen molar-refractivity contribution in [2.75, 3.05) is 0 Å². The molecule has 0 amide bonds. The van der Waals surface area contributed by atoms with Crippen LogP contribution in [0, 0.1) is 0 Å². The molecule has 232 valence electrons. The molecular formula is C48H30N2. The van der Waals surface area contributed by atoms with Crippen LogP contribution in [0.25, 0.3) is 99.7 Å². The Labute approximate surface area is 291 Å². The molecule has 0 unspecified atom stereocenters. The number of hydrogen-bond donors (Lipinski definition) is 0. The lowest BCUT2D eigenvalue weighted by atomic mass is 9.82. The van der Waals surface area contributed by atoms with Gasteiger partial charge in [-0.3, -0.25) is 9.97 Å². The van der Waals surface area contributed by atoms with E-state index in [9.17, 15) is 0 Å². The van der Waals surface area contributed by atoms with Gasteiger partial charge in [-0.05, 0) is 101 Å². The van der Waals surface area contributed by atoms with Crippen molar-refractivity contribution < 1.29 is 0 Å². The Bertz CT molecular complexity index is 2620. The second kappa shape index (κ2) is 11.5. The van der Waals surface area contributed by atoms with E-state index in [1.54, 1.807) is 0 Å². The van der Waals surface area contributed by atoms with E-state index in [1.807, 2.05) is 30.6 Å². The second-order valence-corrected chi connectivity index (χ2v) is 12.9. The van der Waals surface area contributed by atoms with E-state index in [2.05, 4.69) is 157 Å². The molecule has 1 aliphatic carbocycles. The first-order valence-corrected chi connectivity index (χ1v) is 17.1. The fraction of sp³-hybridized carbons (Fsp3) is 0. The minimum atomic E-state index is 0.866. The maximum absolute atomic E-state index is 4.83. The number of aromatic nitrogens is 2. The van der Waals surface area contributed by atoms with Gasteiger partial charge in [0.05, 0.1) is 11.4 Å². The summed E-state index contributed by atoms with van der Waals surface area (Å²) in [6, 6.07) is 61.2. The van der Waals surface area contributed by atoms with Crippen LogP contribution in [-0.4, -0.2) is 9.97 Å². The van der Waals surface area contributed by atoms with Crippen LogP contribution in [0.5, 0.6) is 0 Å². The summed E-state index contributed by atoms with van der Waals surface area (Å²) < 4.78 is 0. The molecule has 7 aromatic carbocycles. The molecule has 2 heteroatoms. The molecule has 1 aliphatic rings. The molecule has 0 saturated carbocycles. The summed E-state index contributed by atoms with van der Waals surface area (Å²) in [5, 5.41) is 5.11. The van der Waals surface area contributed by atoms with Gasteiger partial charge in [-0.2, -0.15) is 0 Å². The van der Waals surface area contributed by atoms with E-state index in [1.165, 1.54) is 77.2 Å². The predicted molar refractivity (Wildman–Crippen MR) is 209 cm³/mol. The fourth-order valence-electron chi connectivity index (χ4n) is 8.03. The first-order valence-electron chi connectivity index (χ1n) is 17.1. The molecule has 50 heavy (non-hydrogen) atoms. The lowest BCUT2D eigenvalue weighted by molar-refractivity contribution is 1.25. The lowest BCUT2D eigenvalue weighted by Crippen LogP contribution is -1.93. The van der Waals surface area contributed by atoms with Gasteiger partial charge in [0, 0.05) is 18.0 Å². The maximum Gasteiger partial charge on any atom is 0.0886 e. The Kier molecular flexibility index (Phi) is 6.53. The molecule has 2 aromatic heterocycles. The summed E-state index contributed by atoms with van der Waals surface area (Å²) >= 11 is 0. The van der Waals surface area contributed by atoms with Gasteiger partial charge in [0.1, 0.15) is 0 Å². The van der Waals surface area contributed by atoms with Crippen LogP contribution in [0.4, 0.5) is 0 Å². The topological polar surface area (TPSA) is 25.8 Å². The highest BCUT2D eigenvalue weighted by atomic mass is 14.8. The molecular weight excluding hydrogens is 605 g/mol. The quantitative estimate of drug-likeness (QED) is 0.188. The zero-order chi connectivity index (χ0) is 33.0. The highest BCUT2D eigenvalue weighted by Crippen LogP contribution is 2.58. The van der Waals surface area contributed by atoms with Crippen LogP contribution >= 0.6 is 0 Å². The summed E-state index contributed by atoms with van der Waals surface area (Å²) in [5.74, 6) is 0. The van der Waals surface area contributed by atoms with Gasteiger partial charge < -0.3 is 0 Å². The molecule has 0 spiro atoms. The van der Waals surface area contributed by atoms with Crippen LogP contribution in [-0.2, 0) is 0 Å². The SMILES string of the molecule is c1ccc(-c2c3c(c(-c4ccccc4)c4ccccc24)-c2ccc(-c4ccccc4-c4ccc(-c5ccccn5)nc4)c4cccc-3c24)cc1. The Morgan fingerprint density at radius 1 is 0.280 bits per heavy atom. The van der Waals surface area contributed by atoms with Crippen LogP contribution in [0.2, 0.25) is 0 Å². The number of pyridine rings is 2. The Hall–Kier alpha value is -6.64. The van der Waals surface area contributed by atoms with E-state index in [4.69, 9.17) is 4.98 Å². The second-order valence-electron chi connectivity index (χ2n) is 12.9. The lowest BCUT2D eigenvalue weighted by Gasteiger charge is -2.20. The summed E-state index contributed by atoms with van der Waals surface area (Å²) in [6.07, 6.45) is 3.78. The zero-order valence-corrected chi connectivity index (χ0v) is 27.2. The highest BCUT2D eigenvalue weighted by molar-refractivity contribution is 6.29. The molecule has 0 bridgehead atoms. The normalized spacial score (nSPS) is 11.6. The van der Waals surface area contributed by atoms with Crippen molar-refractivity contribution in [1.29, 1.82) is 0 Å². The average molecular weight is 635 g/mol. The molecule has 9 aromatic rings. The molecule has 0 radical (unpaired) electrons. The first kappa shape index (κ1) is 28.4. The first-order chi connectivity index (χ1) is 24.8. The summed E-state index contributed by atoms with van der Waals surface area (Å²) in [7, 11) is 0. The summed E-state index contributed by atoms with van der Waals surface area (Å²) in [5.41, 5.74) is 16.6. The maximum atomic E-state index is 4.83. The molecule has 0 aliphatic heterocycles. The number of nitrogens with zero attached hydrogens (tertiary/aromatic N) is 2. The Morgan fingerprint density at radius 3 is 1.46 bits per heavy atom. The molecule has 0 fully saturated rings. The van der Waals surface area contributed by atoms with Crippen molar-refractivity contribution in [2.24, 2.45) is 0 Å². The number of benzene rings is 7. The minimum Gasteiger partial charge on any atom is -0.255 e. The van der Waals surface area contributed by atoms with Gasteiger partial charge in [-0.25, -0.2) is 0 Å². The summed E-state index contributed by atoms with van der Waals surface area (Å²) in [6.45, 7) is 0. The number of rotatable bonds is 5. The largest absolute Gasteiger partial charge is 0.255 e. The van der Waals surface area contributed by atoms with Crippen LogP contribution in [0.1, 0.15) is 0 Å². The molecule has 2 heterocycles. The van der Waals surface area contributed by atoms with Crippen molar-refractivity contribution >= 4 is 21.5 Å². The molecule has 0 saturated heterocycles. The third kappa shape index (κ3) is 4.36. The van der Waals surface area contributed by atoms with Crippen molar-refractivity contribution in [2.45, 2.75) is 0 Å². The van der Waals surface area contributed by atoms with Crippen molar-refractivity contribution in [1.82, 2.24) is 9.97 Å². The van der Waals surface area contributed by atoms with Crippen LogP contribution < -0.4 is 0 Å². The average Bonchev–Trinajstić information content (AvgIpc) is 3.53. The van der Waals surface area contributed by atoms with Crippen molar-refractivity contribution in [3.05, 3.63) is 182 Å². The molecule has 0 atom stereocenters. The molecule has 10 rings (SSSR count). The van der Waals surface area contributed by atoms with Gasteiger partial charge in [-0.15, -0.1) is 0 Å². The van der Waals surface area contributed by atoms with Gasteiger partial charge in [0.15, 0.2) is 0 Å². The van der Waals surface area contributed by atoms with Crippen molar-refractivity contribution in [3.8, 4) is 78.1 Å². The van der Waals surface area contributed by atoms with Crippen molar-refractivity contribution in [3.63, 3.8) is 0 Å². The zero-order valence-electron chi connectivity index (χ0n) is 27.2. The van der Waals surface area contributed by atoms with E-state index in [-0.39, 0.29) is 0 Å². The van der Waals surface area contributed by atoms with E-state index < -0.39 is 0 Å². The fourth-order valence-corrected chi connectivity index (χ4v) is 8.03.